The van der Waals surface area contributed by atoms with Crippen LogP contribution in [0.3, 0.4) is 0 Å². The Balaban J connectivity index is 2.19. The molecule has 16 heteroatoms. The van der Waals surface area contributed by atoms with Crippen molar-refractivity contribution in [2.75, 3.05) is 7.05 Å². The summed E-state index contributed by atoms with van der Waals surface area (Å²) in [4.78, 5) is 50.1. The summed E-state index contributed by atoms with van der Waals surface area (Å²) in [5.41, 5.74) is 10.6. The van der Waals surface area contributed by atoms with Gasteiger partial charge in [0.1, 0.15) is 11.8 Å². The average Bonchev–Trinajstić information content (AvgIpc) is 2.80. The van der Waals surface area contributed by atoms with Gasteiger partial charge in [-0.2, -0.15) is 17.4 Å². The Morgan fingerprint density at radius 2 is 1.68 bits per heavy atom. The van der Waals surface area contributed by atoms with Gasteiger partial charge < -0.3 is 31.5 Å². The molecule has 0 unspecified atom stereocenters. The highest BCUT2D eigenvalue weighted by atomic mass is 32.2. The number of nitrogens with zero attached hydrogens (tertiary/aromatic N) is 2. The standard InChI is InChI=1S/C21H23N5O10S/c1-26(16(19(31)32)9-17(27)28)37(34,35)24-10-12-4-7-14(8-15(12)18(29)30)36-20(33)11-2-5-13(6-3-11)25-21(22)23/h2-8,16,24H,9-10H2,1H3,(H,27,28)(H,29,30)(H,31,32)(H4,22,23,25)/t16-/m0/s1. The van der Waals surface area contributed by atoms with E-state index in [-0.39, 0.29) is 22.8 Å². The maximum absolute atomic E-state index is 12.5. The van der Waals surface area contributed by atoms with Gasteiger partial charge in [-0.3, -0.25) is 9.59 Å². The second-order valence-electron chi connectivity index (χ2n) is 7.39. The molecule has 0 amide bonds. The number of hydrogen-bond donors (Lipinski definition) is 6. The number of ether oxygens (including phenoxy) is 1. The molecule has 0 heterocycles. The van der Waals surface area contributed by atoms with Crippen LogP contribution < -0.4 is 20.9 Å². The van der Waals surface area contributed by atoms with Crippen molar-refractivity contribution < 1.29 is 47.7 Å². The number of guanidine groups is 1. The highest BCUT2D eigenvalue weighted by molar-refractivity contribution is 7.87. The summed E-state index contributed by atoms with van der Waals surface area (Å²) in [6.45, 7) is -0.589. The lowest BCUT2D eigenvalue weighted by Crippen LogP contribution is -2.48. The molecule has 0 spiro atoms. The summed E-state index contributed by atoms with van der Waals surface area (Å²) >= 11 is 0. The molecule has 15 nitrogen and oxygen atoms in total. The number of hydrogen-bond acceptors (Lipinski definition) is 8. The number of nitrogens with one attached hydrogen (secondary N) is 1. The first-order chi connectivity index (χ1) is 17.2. The zero-order valence-electron chi connectivity index (χ0n) is 19.2. The van der Waals surface area contributed by atoms with Gasteiger partial charge in [0.05, 0.1) is 23.2 Å². The van der Waals surface area contributed by atoms with Crippen molar-refractivity contribution in [3.8, 4) is 5.75 Å². The van der Waals surface area contributed by atoms with E-state index >= 15 is 0 Å². The average molecular weight is 538 g/mol. The molecule has 2 rings (SSSR count). The van der Waals surface area contributed by atoms with Crippen LogP contribution in [0.4, 0.5) is 5.69 Å². The van der Waals surface area contributed by atoms with Crippen LogP contribution >= 0.6 is 0 Å². The van der Waals surface area contributed by atoms with Gasteiger partial charge in [-0.1, -0.05) is 6.07 Å². The lowest BCUT2D eigenvalue weighted by molar-refractivity contribution is -0.147. The Morgan fingerprint density at radius 3 is 2.19 bits per heavy atom. The second-order valence-corrected chi connectivity index (χ2v) is 9.21. The Bertz CT molecular complexity index is 1340. The topological polar surface area (TPSA) is 252 Å². The van der Waals surface area contributed by atoms with Gasteiger partial charge in [-0.05, 0) is 42.0 Å². The van der Waals surface area contributed by atoms with Crippen LogP contribution in [0.5, 0.6) is 5.75 Å². The van der Waals surface area contributed by atoms with Crippen molar-refractivity contribution in [2.45, 2.75) is 19.0 Å². The van der Waals surface area contributed by atoms with Crippen molar-refractivity contribution in [1.82, 2.24) is 9.03 Å². The predicted molar refractivity (Wildman–Crippen MR) is 127 cm³/mol. The van der Waals surface area contributed by atoms with Gasteiger partial charge in [0.2, 0.25) is 0 Å². The number of aromatic carboxylic acids is 1. The van der Waals surface area contributed by atoms with Crippen LogP contribution in [-0.2, 0) is 26.3 Å². The first-order valence-corrected chi connectivity index (χ1v) is 11.6. The van der Waals surface area contributed by atoms with Gasteiger partial charge in [-0.25, -0.2) is 14.6 Å². The zero-order valence-corrected chi connectivity index (χ0v) is 20.0. The molecule has 0 bridgehead atoms. The van der Waals surface area contributed by atoms with E-state index in [0.29, 0.717) is 9.99 Å². The van der Waals surface area contributed by atoms with Gasteiger partial charge in [0.15, 0.2) is 5.96 Å². The molecule has 0 aliphatic carbocycles. The molecule has 0 saturated heterocycles. The van der Waals surface area contributed by atoms with E-state index in [4.69, 9.17) is 26.4 Å². The van der Waals surface area contributed by atoms with Gasteiger partial charge in [-0.15, -0.1) is 0 Å². The minimum Gasteiger partial charge on any atom is -0.481 e. The van der Waals surface area contributed by atoms with Crippen LogP contribution in [-0.4, -0.2) is 71.0 Å². The fourth-order valence-electron chi connectivity index (χ4n) is 2.93. The molecule has 8 N–H and O–H groups in total. The number of aliphatic imine (C=N–C) groups is 1. The van der Waals surface area contributed by atoms with Crippen molar-refractivity contribution in [3.05, 3.63) is 59.2 Å². The second kappa shape index (κ2) is 11.9. The summed E-state index contributed by atoms with van der Waals surface area (Å²) in [7, 11) is -3.66. The number of carboxylic acid groups (broad SMARTS) is 3. The van der Waals surface area contributed by atoms with E-state index in [2.05, 4.69) is 4.99 Å². The predicted octanol–water partition coefficient (Wildman–Crippen LogP) is -0.297. The van der Waals surface area contributed by atoms with Crippen LogP contribution in [0.25, 0.3) is 0 Å². The molecule has 0 saturated carbocycles. The van der Waals surface area contributed by atoms with E-state index in [1.807, 2.05) is 4.72 Å². The normalized spacial score (nSPS) is 11.9. The van der Waals surface area contributed by atoms with Crippen LogP contribution in [0.2, 0.25) is 0 Å². The molecule has 0 radical (unpaired) electrons. The van der Waals surface area contributed by atoms with E-state index in [0.717, 1.165) is 13.1 Å². The van der Waals surface area contributed by atoms with E-state index in [1.54, 1.807) is 0 Å². The third-order valence-corrected chi connectivity index (χ3v) is 6.32. The van der Waals surface area contributed by atoms with Crippen molar-refractivity contribution in [2.24, 2.45) is 16.5 Å². The summed E-state index contributed by atoms with van der Waals surface area (Å²) in [6.07, 6.45) is -0.996. The fraction of sp³-hybridized carbons (Fsp3) is 0.190. The maximum atomic E-state index is 12.5. The molecule has 0 aliphatic rings. The largest absolute Gasteiger partial charge is 0.481 e. The van der Waals surface area contributed by atoms with Crippen LogP contribution in [0.1, 0.15) is 32.7 Å². The van der Waals surface area contributed by atoms with Crippen molar-refractivity contribution in [3.63, 3.8) is 0 Å². The smallest absolute Gasteiger partial charge is 0.343 e. The van der Waals surface area contributed by atoms with Gasteiger partial charge >= 0.3 is 23.9 Å². The van der Waals surface area contributed by atoms with E-state index in [1.165, 1.54) is 36.4 Å². The highest BCUT2D eigenvalue weighted by Crippen LogP contribution is 2.21. The van der Waals surface area contributed by atoms with Crippen LogP contribution in [0, 0.1) is 0 Å². The zero-order chi connectivity index (χ0) is 27.9. The third kappa shape index (κ3) is 7.99. The molecular weight excluding hydrogens is 514 g/mol. The number of nitrogens with two attached hydrogens (primary N) is 2. The third-order valence-electron chi connectivity index (χ3n) is 4.80. The summed E-state index contributed by atoms with van der Waals surface area (Å²) < 4.78 is 32.5. The molecule has 198 valence electrons. The number of likely N-dealkylation sites (N-methyl/N-ethyl adjacent to an activating group) is 1. The maximum Gasteiger partial charge on any atom is 0.343 e. The van der Waals surface area contributed by atoms with E-state index < -0.39 is 58.7 Å². The Hall–Kier alpha value is -4.54. The molecule has 0 aliphatic heterocycles. The summed E-state index contributed by atoms with van der Waals surface area (Å²) in [6, 6.07) is 7.22. The number of carboxylic acids is 3. The summed E-state index contributed by atoms with van der Waals surface area (Å²) in [5, 5.41) is 27.5. The number of esters is 1. The van der Waals surface area contributed by atoms with Gasteiger partial charge in [0.25, 0.3) is 10.2 Å². The molecule has 2 aromatic rings. The minimum absolute atomic E-state index is 0.0454. The SMILES string of the molecule is CN([C@@H](CC(=O)O)C(=O)O)S(=O)(=O)NCc1ccc(OC(=O)c2ccc(N=C(N)N)cc2)cc1C(=O)O. The highest BCUT2D eigenvalue weighted by Gasteiger charge is 2.33. The van der Waals surface area contributed by atoms with Crippen molar-refractivity contribution >= 4 is 45.7 Å². The molecule has 0 fully saturated rings. The number of benzene rings is 2. The Kier molecular flexibility index (Phi) is 9.25. The fourth-order valence-corrected chi connectivity index (χ4v) is 3.98. The molecule has 37 heavy (non-hydrogen) atoms. The first-order valence-electron chi connectivity index (χ1n) is 10.2. The molecule has 1 atom stereocenters. The Labute approximate surface area is 210 Å². The minimum atomic E-state index is -4.53. The first kappa shape index (κ1) is 28.7. The molecule has 0 aromatic heterocycles. The Morgan fingerprint density at radius 1 is 1.05 bits per heavy atom. The van der Waals surface area contributed by atoms with Crippen molar-refractivity contribution in [1.29, 1.82) is 0 Å². The molecule has 2 aromatic carbocycles. The number of rotatable bonds is 12. The van der Waals surface area contributed by atoms with Gasteiger partial charge in [0, 0.05) is 13.6 Å². The van der Waals surface area contributed by atoms with E-state index in [9.17, 15) is 32.7 Å². The summed E-state index contributed by atoms with van der Waals surface area (Å²) in [5.74, 6) is -5.81. The number of aliphatic carboxylic acids is 2. The lowest BCUT2D eigenvalue weighted by Gasteiger charge is -2.23. The quantitative estimate of drug-likeness (QED) is 0.0883. The van der Waals surface area contributed by atoms with Crippen LogP contribution in [0.15, 0.2) is 47.5 Å². The molecular formula is C21H23N5O10S. The lowest BCUT2D eigenvalue weighted by atomic mass is 10.1. The number of carbonyl (C=O) groups is 4. The number of carbonyl (C=O) groups excluding carboxylic acids is 1. The monoisotopic (exact) mass is 537 g/mol.